The monoisotopic (exact) mass is 643 g/mol. The molecule has 13 heteroatoms. The van der Waals surface area contributed by atoms with E-state index in [4.69, 9.17) is 21.1 Å². The lowest BCUT2D eigenvalue weighted by Gasteiger charge is -2.21. The summed E-state index contributed by atoms with van der Waals surface area (Å²) in [6, 6.07) is 10.4. The zero-order valence-electron chi connectivity index (χ0n) is 23.7. The van der Waals surface area contributed by atoms with E-state index >= 15 is 0 Å². The van der Waals surface area contributed by atoms with Gasteiger partial charge in [-0.15, -0.1) is 11.3 Å². The zero-order chi connectivity index (χ0) is 30.7. The number of halogens is 4. The highest BCUT2D eigenvalue weighted by Crippen LogP contribution is 2.49. The van der Waals surface area contributed by atoms with Crippen LogP contribution >= 0.6 is 34.7 Å². The molecule has 0 spiro atoms. The zero-order valence-corrected chi connectivity index (χ0v) is 26.1. The average molecular weight is 644 g/mol. The van der Waals surface area contributed by atoms with Crippen molar-refractivity contribution in [3.8, 4) is 22.9 Å². The summed E-state index contributed by atoms with van der Waals surface area (Å²) in [7, 11) is 1.58. The van der Waals surface area contributed by atoms with E-state index in [0.29, 0.717) is 49.2 Å². The second-order valence-corrected chi connectivity index (χ2v) is 12.9. The number of thiophene rings is 1. The van der Waals surface area contributed by atoms with Crippen molar-refractivity contribution in [3.05, 3.63) is 64.9 Å². The van der Waals surface area contributed by atoms with Crippen LogP contribution < -0.4 is 9.47 Å². The first-order chi connectivity index (χ1) is 20.4. The summed E-state index contributed by atoms with van der Waals surface area (Å²) in [6.45, 7) is 6.03. The summed E-state index contributed by atoms with van der Waals surface area (Å²) in [4.78, 5) is 14.3. The van der Waals surface area contributed by atoms with Gasteiger partial charge < -0.3 is 9.47 Å². The van der Waals surface area contributed by atoms with Crippen LogP contribution in [0.4, 0.5) is 13.2 Å². The maximum Gasteiger partial charge on any atom is 0.418 e. The van der Waals surface area contributed by atoms with Crippen LogP contribution in [0.5, 0.6) is 11.6 Å². The van der Waals surface area contributed by atoms with E-state index in [1.165, 1.54) is 41.6 Å². The number of methoxy groups -OCH3 is 1. The highest BCUT2D eigenvalue weighted by molar-refractivity contribution is 7.98. The van der Waals surface area contributed by atoms with Crippen molar-refractivity contribution < 1.29 is 22.6 Å². The van der Waals surface area contributed by atoms with Crippen molar-refractivity contribution in [2.45, 2.75) is 44.2 Å². The first-order valence-corrected chi connectivity index (χ1v) is 15.5. The molecule has 4 heterocycles. The second kappa shape index (κ2) is 10.8. The molecule has 0 fully saturated rings. The molecule has 0 aliphatic rings. The number of nitrogens with zero attached hydrogens (tertiary/aromatic N) is 5. The first-order valence-electron chi connectivity index (χ1n) is 13.1. The van der Waals surface area contributed by atoms with Crippen molar-refractivity contribution in [1.29, 1.82) is 0 Å². The number of aromatic nitrogens is 5. The van der Waals surface area contributed by atoms with Crippen molar-refractivity contribution in [2.24, 2.45) is 0 Å². The Kier molecular flexibility index (Phi) is 7.42. The molecule has 0 aliphatic carbocycles. The van der Waals surface area contributed by atoms with E-state index in [2.05, 4.69) is 20.1 Å². The molecule has 0 saturated carbocycles. The Balaban J connectivity index is 1.62. The average Bonchev–Trinajstić information content (AvgIpc) is 3.52. The minimum Gasteiger partial charge on any atom is -0.497 e. The molecule has 0 bridgehead atoms. The fourth-order valence-corrected chi connectivity index (χ4v) is 6.80. The molecule has 2 aromatic carbocycles. The molecule has 6 rings (SSSR count). The number of hydrogen-bond acceptors (Lipinski definition) is 8. The van der Waals surface area contributed by atoms with E-state index in [1.807, 2.05) is 51.3 Å². The van der Waals surface area contributed by atoms with E-state index in [1.54, 1.807) is 17.9 Å². The van der Waals surface area contributed by atoms with Crippen LogP contribution in [0.2, 0.25) is 5.02 Å². The lowest BCUT2D eigenvalue weighted by atomic mass is 9.98. The number of fused-ring (bicyclic) bond motifs is 4. The second-order valence-electron chi connectivity index (χ2n) is 10.7. The normalized spacial score (nSPS) is 12.5. The Hall–Kier alpha value is -3.61. The number of ether oxygens (including phenoxy) is 2. The van der Waals surface area contributed by atoms with Crippen molar-refractivity contribution in [1.82, 2.24) is 24.7 Å². The Bertz CT molecular complexity index is 2000. The number of rotatable bonds is 6. The molecule has 7 nitrogen and oxygen atoms in total. The quantitative estimate of drug-likeness (QED) is 0.133. The minimum atomic E-state index is -4.76. The van der Waals surface area contributed by atoms with Crippen molar-refractivity contribution in [2.75, 3.05) is 13.4 Å². The number of benzene rings is 2. The van der Waals surface area contributed by atoms with Gasteiger partial charge in [0.1, 0.15) is 16.2 Å². The van der Waals surface area contributed by atoms with Crippen LogP contribution in [-0.2, 0) is 12.7 Å². The van der Waals surface area contributed by atoms with Gasteiger partial charge in [-0.2, -0.15) is 23.3 Å². The third-order valence-corrected chi connectivity index (χ3v) is 8.65. The van der Waals surface area contributed by atoms with E-state index < -0.39 is 22.4 Å². The van der Waals surface area contributed by atoms with E-state index in [-0.39, 0.29) is 16.6 Å². The van der Waals surface area contributed by atoms with Crippen LogP contribution in [0.15, 0.2) is 53.9 Å². The van der Waals surface area contributed by atoms with Gasteiger partial charge in [0, 0.05) is 22.5 Å². The molecule has 43 heavy (non-hydrogen) atoms. The van der Waals surface area contributed by atoms with Gasteiger partial charge in [0.2, 0.25) is 5.88 Å². The van der Waals surface area contributed by atoms with Gasteiger partial charge in [-0.25, -0.2) is 4.98 Å². The molecule has 0 saturated heterocycles. The molecule has 0 N–H and O–H groups in total. The molecular weight excluding hydrogens is 619 g/mol. The van der Waals surface area contributed by atoms with Gasteiger partial charge in [0.15, 0.2) is 5.16 Å². The van der Waals surface area contributed by atoms with Gasteiger partial charge in [-0.05, 0) is 56.9 Å². The summed E-state index contributed by atoms with van der Waals surface area (Å²) < 4.78 is 57.7. The Morgan fingerprint density at radius 1 is 1.05 bits per heavy atom. The molecule has 0 amide bonds. The molecule has 0 radical (unpaired) electrons. The Morgan fingerprint density at radius 3 is 2.44 bits per heavy atom. The Morgan fingerprint density at radius 2 is 1.79 bits per heavy atom. The largest absolute Gasteiger partial charge is 0.497 e. The fourth-order valence-electron chi connectivity index (χ4n) is 4.92. The van der Waals surface area contributed by atoms with Gasteiger partial charge in [-0.3, -0.25) is 9.67 Å². The third kappa shape index (κ3) is 5.47. The molecule has 0 aliphatic heterocycles. The first kappa shape index (κ1) is 29.5. The molecular formula is C30H25ClF3N5O2S2. The molecule has 222 valence electrons. The summed E-state index contributed by atoms with van der Waals surface area (Å²) in [6.07, 6.45) is 0.0189. The lowest BCUT2D eigenvalue weighted by molar-refractivity contribution is -0.136. The van der Waals surface area contributed by atoms with Crippen molar-refractivity contribution >= 4 is 65.9 Å². The molecule has 0 unspecified atom stereocenters. The highest BCUT2D eigenvalue weighted by Gasteiger charge is 2.39. The summed E-state index contributed by atoms with van der Waals surface area (Å²) in [5, 5.41) is 6.08. The standard InChI is InChI=1S/C30H25ClF3N5O2S2/c1-29(2,3)41-26-22-17-10-11-35-24(25(17)43-27(22)38-28(37-26)42-5)21-18-13-36-39(14-15-6-8-16(40-4)9-7-15)20(18)12-19(31)23(21)30(32,33)34/h6-13H,14H2,1-5H3. The maximum absolute atomic E-state index is 14.7. The van der Waals surface area contributed by atoms with Gasteiger partial charge >= 0.3 is 6.18 Å². The third-order valence-electron chi connectivity index (χ3n) is 6.69. The fraction of sp³-hybridized carbons (Fsp3) is 0.267. The number of hydrogen-bond donors (Lipinski definition) is 0. The highest BCUT2D eigenvalue weighted by atomic mass is 35.5. The number of pyridine rings is 1. The molecule has 6 aromatic rings. The SMILES string of the molecule is COc1ccc(Cn2ncc3c(-c4nccc5c4sc4nc(SC)nc(OC(C)(C)C)c45)c(C(F)(F)F)c(Cl)cc32)cc1. The predicted octanol–water partition coefficient (Wildman–Crippen LogP) is 8.88. The van der Waals surface area contributed by atoms with Gasteiger partial charge in [0.25, 0.3) is 0 Å². The van der Waals surface area contributed by atoms with Crippen molar-refractivity contribution in [3.63, 3.8) is 0 Å². The lowest BCUT2D eigenvalue weighted by Crippen LogP contribution is -2.23. The van der Waals surface area contributed by atoms with Crippen LogP contribution in [0.3, 0.4) is 0 Å². The minimum absolute atomic E-state index is 0.135. The molecule has 4 aromatic heterocycles. The number of alkyl halides is 3. The molecule has 0 atom stereocenters. The maximum atomic E-state index is 14.7. The number of thioether (sulfide) groups is 1. The summed E-state index contributed by atoms with van der Waals surface area (Å²) >= 11 is 9.03. The van der Waals surface area contributed by atoms with E-state index in [9.17, 15) is 13.2 Å². The summed E-state index contributed by atoms with van der Waals surface area (Å²) in [5.74, 6) is 1.06. The van der Waals surface area contributed by atoms with E-state index in [0.717, 1.165) is 5.56 Å². The van der Waals surface area contributed by atoms with Crippen LogP contribution in [-0.4, -0.2) is 43.7 Å². The van der Waals surface area contributed by atoms with Gasteiger partial charge in [-0.1, -0.05) is 35.5 Å². The van der Waals surface area contributed by atoms with Gasteiger partial charge in [0.05, 0.1) is 51.7 Å². The predicted molar refractivity (Wildman–Crippen MR) is 166 cm³/mol. The Labute approximate surface area is 258 Å². The van der Waals surface area contributed by atoms with Crippen LogP contribution in [0.25, 0.3) is 42.5 Å². The van der Waals surface area contributed by atoms with Crippen LogP contribution in [0, 0.1) is 0 Å². The summed E-state index contributed by atoms with van der Waals surface area (Å²) in [5.41, 5.74) is -0.193. The van der Waals surface area contributed by atoms with Crippen LogP contribution in [0.1, 0.15) is 31.9 Å². The topological polar surface area (TPSA) is 75.0 Å². The smallest absolute Gasteiger partial charge is 0.418 e.